The van der Waals surface area contributed by atoms with Crippen molar-refractivity contribution in [3.63, 3.8) is 0 Å². The highest BCUT2D eigenvalue weighted by Gasteiger charge is 2.28. The van der Waals surface area contributed by atoms with E-state index in [2.05, 4.69) is 10.6 Å². The van der Waals surface area contributed by atoms with Gasteiger partial charge < -0.3 is 25.9 Å². The predicted octanol–water partition coefficient (Wildman–Crippen LogP) is 1.28. The number of nitrogens with one attached hydrogen (secondary N) is 2. The molecule has 1 aromatic carbocycles. The Labute approximate surface area is 158 Å². The van der Waals surface area contributed by atoms with E-state index in [1.807, 2.05) is 30.3 Å². The minimum absolute atomic E-state index is 0.0711. The highest BCUT2D eigenvalue weighted by atomic mass is 16.5. The molecule has 2 atom stereocenters. The number of carbonyl (C=O) groups is 4. The van der Waals surface area contributed by atoms with Crippen LogP contribution in [-0.4, -0.2) is 35.8 Å². The van der Waals surface area contributed by atoms with Crippen LogP contribution < -0.4 is 16.4 Å². The highest BCUT2D eigenvalue weighted by Crippen LogP contribution is 2.06. The van der Waals surface area contributed by atoms with E-state index in [1.54, 1.807) is 13.8 Å². The van der Waals surface area contributed by atoms with Crippen LogP contribution in [0.4, 0.5) is 4.79 Å². The molecule has 0 saturated heterocycles. The van der Waals surface area contributed by atoms with Gasteiger partial charge in [-0.1, -0.05) is 44.2 Å². The summed E-state index contributed by atoms with van der Waals surface area (Å²) in [4.78, 5) is 47.1. The van der Waals surface area contributed by atoms with Crippen molar-refractivity contribution in [1.82, 2.24) is 10.6 Å². The maximum atomic E-state index is 12.5. The van der Waals surface area contributed by atoms with Gasteiger partial charge in [0.2, 0.25) is 11.8 Å². The van der Waals surface area contributed by atoms with E-state index in [9.17, 15) is 19.2 Å². The summed E-state index contributed by atoms with van der Waals surface area (Å²) in [6, 6.07) is 7.23. The topological polar surface area (TPSA) is 128 Å². The molecule has 0 spiro atoms. The summed E-state index contributed by atoms with van der Waals surface area (Å²) in [6.07, 6.45) is -0.515. The first-order valence-corrected chi connectivity index (χ1v) is 8.77. The number of hydrogen-bond acceptors (Lipinski definition) is 5. The largest absolute Gasteiger partial charge is 0.445 e. The maximum absolute atomic E-state index is 12.5. The van der Waals surface area contributed by atoms with Crippen LogP contribution in [0.15, 0.2) is 30.3 Å². The fourth-order valence-corrected chi connectivity index (χ4v) is 2.32. The Morgan fingerprint density at radius 1 is 1.07 bits per heavy atom. The van der Waals surface area contributed by atoms with Gasteiger partial charge in [-0.25, -0.2) is 4.79 Å². The van der Waals surface area contributed by atoms with Crippen molar-refractivity contribution in [1.29, 1.82) is 0 Å². The molecule has 27 heavy (non-hydrogen) atoms. The van der Waals surface area contributed by atoms with Crippen LogP contribution in [0.25, 0.3) is 0 Å². The summed E-state index contributed by atoms with van der Waals surface area (Å²) in [7, 11) is 0. The molecular weight excluding hydrogens is 350 g/mol. The third kappa shape index (κ3) is 8.35. The molecule has 0 aliphatic heterocycles. The van der Waals surface area contributed by atoms with Crippen molar-refractivity contribution < 1.29 is 23.9 Å². The molecule has 0 aliphatic rings. The number of rotatable bonds is 10. The van der Waals surface area contributed by atoms with Gasteiger partial charge in [0.15, 0.2) is 0 Å². The summed E-state index contributed by atoms with van der Waals surface area (Å²) in [5.74, 6) is -1.66. The maximum Gasteiger partial charge on any atom is 0.408 e. The van der Waals surface area contributed by atoms with Crippen molar-refractivity contribution in [2.45, 2.75) is 52.3 Å². The van der Waals surface area contributed by atoms with E-state index in [1.165, 1.54) is 6.92 Å². The number of ketones is 1. The van der Waals surface area contributed by atoms with E-state index >= 15 is 0 Å². The third-order valence-electron chi connectivity index (χ3n) is 3.88. The van der Waals surface area contributed by atoms with Crippen LogP contribution in [0, 0.1) is 5.92 Å². The van der Waals surface area contributed by atoms with Crippen molar-refractivity contribution in [2.75, 3.05) is 0 Å². The molecule has 0 heterocycles. The van der Waals surface area contributed by atoms with Gasteiger partial charge in [-0.2, -0.15) is 0 Å². The lowest BCUT2D eigenvalue weighted by atomic mass is 10.0. The molecule has 8 nitrogen and oxygen atoms in total. The van der Waals surface area contributed by atoms with Gasteiger partial charge in [0.25, 0.3) is 0 Å². The zero-order chi connectivity index (χ0) is 20.4. The Hall–Kier alpha value is -2.90. The number of amides is 3. The Balaban J connectivity index is 2.64. The second kappa shape index (κ2) is 10.9. The zero-order valence-corrected chi connectivity index (χ0v) is 15.9. The van der Waals surface area contributed by atoms with Gasteiger partial charge in [0, 0.05) is 6.42 Å². The minimum Gasteiger partial charge on any atom is -0.445 e. The summed E-state index contributed by atoms with van der Waals surface area (Å²) in [5, 5.41) is 5.00. The smallest absolute Gasteiger partial charge is 0.408 e. The molecule has 3 amide bonds. The van der Waals surface area contributed by atoms with E-state index in [0.29, 0.717) is 0 Å². The Morgan fingerprint density at radius 2 is 1.70 bits per heavy atom. The molecular formula is C19H27N3O5. The number of hydrogen-bond donors (Lipinski definition) is 3. The van der Waals surface area contributed by atoms with Crippen molar-refractivity contribution in [2.24, 2.45) is 11.7 Å². The van der Waals surface area contributed by atoms with Crippen LogP contribution in [0.5, 0.6) is 0 Å². The molecule has 0 fully saturated rings. The second-order valence-electron chi connectivity index (χ2n) is 6.63. The number of ether oxygens (including phenoxy) is 1. The standard InChI is InChI=1S/C19H27N3O5/c1-12(2)16(18(25)21-15(17(20)24)10-9-13(3)23)22-19(26)27-11-14-7-5-4-6-8-14/h4-8,12,15-16H,9-11H2,1-3H3,(H2,20,24)(H,21,25)(H,22,26)/t15-,16-/m1/s1. The van der Waals surface area contributed by atoms with Crippen molar-refractivity contribution in [3.05, 3.63) is 35.9 Å². The predicted molar refractivity (Wildman–Crippen MR) is 99.4 cm³/mol. The van der Waals surface area contributed by atoms with E-state index < -0.39 is 30.0 Å². The molecule has 148 valence electrons. The number of benzene rings is 1. The van der Waals surface area contributed by atoms with Crippen LogP contribution in [0.1, 0.15) is 39.2 Å². The summed E-state index contributed by atoms with van der Waals surface area (Å²) in [6.45, 7) is 4.95. The van der Waals surface area contributed by atoms with Gasteiger partial charge in [-0.3, -0.25) is 9.59 Å². The van der Waals surface area contributed by atoms with Crippen LogP contribution in [0.2, 0.25) is 0 Å². The van der Waals surface area contributed by atoms with Crippen molar-refractivity contribution >= 4 is 23.7 Å². The zero-order valence-electron chi connectivity index (χ0n) is 15.9. The lowest BCUT2D eigenvalue weighted by Crippen LogP contribution is -2.54. The quantitative estimate of drug-likeness (QED) is 0.566. The molecule has 4 N–H and O–H groups in total. The number of alkyl carbamates (subject to hydrolysis) is 1. The number of primary amides is 1. The monoisotopic (exact) mass is 377 g/mol. The van der Waals surface area contributed by atoms with E-state index in [0.717, 1.165) is 5.56 Å². The lowest BCUT2D eigenvalue weighted by Gasteiger charge is -2.24. The molecule has 1 rings (SSSR count). The summed E-state index contributed by atoms with van der Waals surface area (Å²) >= 11 is 0. The van der Waals surface area contributed by atoms with E-state index in [-0.39, 0.29) is 31.1 Å². The van der Waals surface area contributed by atoms with Gasteiger partial charge in [-0.15, -0.1) is 0 Å². The average Bonchev–Trinajstić information content (AvgIpc) is 2.61. The lowest BCUT2D eigenvalue weighted by molar-refractivity contribution is -0.129. The molecule has 0 unspecified atom stereocenters. The van der Waals surface area contributed by atoms with Crippen molar-refractivity contribution in [3.8, 4) is 0 Å². The fraction of sp³-hybridized carbons (Fsp3) is 0.474. The molecule has 0 aromatic heterocycles. The molecule has 0 saturated carbocycles. The normalized spacial score (nSPS) is 12.7. The number of Topliss-reactive ketones (excluding diaryl/α,β-unsaturated/α-hetero) is 1. The molecule has 0 bridgehead atoms. The summed E-state index contributed by atoms with van der Waals surface area (Å²) < 4.78 is 5.12. The SMILES string of the molecule is CC(=O)CC[C@@H](NC(=O)[C@H](NC(=O)OCc1ccccc1)C(C)C)C(N)=O. The van der Waals surface area contributed by atoms with Gasteiger partial charge >= 0.3 is 6.09 Å². The van der Waals surface area contributed by atoms with Gasteiger partial charge in [0.05, 0.1) is 0 Å². The minimum atomic E-state index is -0.982. The van der Waals surface area contributed by atoms with Crippen LogP contribution in [0.3, 0.4) is 0 Å². The first-order valence-electron chi connectivity index (χ1n) is 8.77. The number of nitrogens with two attached hydrogens (primary N) is 1. The highest BCUT2D eigenvalue weighted by molar-refractivity contribution is 5.91. The molecule has 0 radical (unpaired) electrons. The van der Waals surface area contributed by atoms with Gasteiger partial charge in [-0.05, 0) is 24.8 Å². The van der Waals surface area contributed by atoms with Crippen LogP contribution in [-0.2, 0) is 25.7 Å². The first kappa shape index (κ1) is 22.1. The summed E-state index contributed by atoms with van der Waals surface area (Å²) in [5.41, 5.74) is 6.10. The van der Waals surface area contributed by atoms with E-state index in [4.69, 9.17) is 10.5 Å². The first-order chi connectivity index (χ1) is 12.7. The molecule has 8 heteroatoms. The number of carbonyl (C=O) groups excluding carboxylic acids is 4. The third-order valence-corrected chi connectivity index (χ3v) is 3.88. The Kier molecular flexibility index (Phi) is 8.98. The second-order valence-corrected chi connectivity index (χ2v) is 6.63. The van der Waals surface area contributed by atoms with Gasteiger partial charge in [0.1, 0.15) is 24.5 Å². The fourth-order valence-electron chi connectivity index (χ4n) is 2.32. The average molecular weight is 377 g/mol. The van der Waals surface area contributed by atoms with Crippen LogP contribution >= 0.6 is 0 Å². The Morgan fingerprint density at radius 3 is 2.22 bits per heavy atom. The molecule has 1 aromatic rings. The Bertz CT molecular complexity index is 661. The molecule has 0 aliphatic carbocycles.